The quantitative estimate of drug-likeness (QED) is 0.738. The molecule has 0 bridgehead atoms. The third-order valence-electron chi connectivity index (χ3n) is 3.87. The number of amides is 2. The predicted molar refractivity (Wildman–Crippen MR) is 95.1 cm³/mol. The van der Waals surface area contributed by atoms with Gasteiger partial charge in [0.2, 0.25) is 15.9 Å². The van der Waals surface area contributed by atoms with E-state index in [2.05, 4.69) is 10.6 Å². The van der Waals surface area contributed by atoms with Crippen LogP contribution in [0.2, 0.25) is 5.02 Å². The van der Waals surface area contributed by atoms with Crippen LogP contribution in [0, 0.1) is 0 Å². The summed E-state index contributed by atoms with van der Waals surface area (Å²) in [6.45, 7) is 3.20. The van der Waals surface area contributed by atoms with Gasteiger partial charge in [-0.3, -0.25) is 9.59 Å². The fourth-order valence-electron chi connectivity index (χ4n) is 2.50. The summed E-state index contributed by atoms with van der Waals surface area (Å²) in [7, 11) is -3.64. The van der Waals surface area contributed by atoms with Crippen molar-refractivity contribution in [2.45, 2.75) is 31.1 Å². The SMILES string of the molecule is CCCNC(=O)CNC(=O)c1cc(S(=O)(=O)N2CCCC2)ccc1Cl. The molecule has 1 aromatic carbocycles. The fraction of sp³-hybridized carbons (Fsp3) is 0.500. The molecule has 0 aliphatic carbocycles. The summed E-state index contributed by atoms with van der Waals surface area (Å²) in [6, 6.07) is 4.03. The molecule has 0 radical (unpaired) electrons. The van der Waals surface area contributed by atoms with E-state index in [9.17, 15) is 18.0 Å². The van der Waals surface area contributed by atoms with Crippen LogP contribution in [0.3, 0.4) is 0 Å². The molecule has 2 N–H and O–H groups in total. The van der Waals surface area contributed by atoms with Crippen molar-refractivity contribution in [3.63, 3.8) is 0 Å². The van der Waals surface area contributed by atoms with Crippen LogP contribution in [0.5, 0.6) is 0 Å². The summed E-state index contributed by atoms with van der Waals surface area (Å²) in [6.07, 6.45) is 2.45. The van der Waals surface area contributed by atoms with Crippen molar-refractivity contribution in [3.05, 3.63) is 28.8 Å². The summed E-state index contributed by atoms with van der Waals surface area (Å²) in [4.78, 5) is 23.8. The Morgan fingerprint density at radius 1 is 1.20 bits per heavy atom. The number of carbonyl (C=O) groups excluding carboxylic acids is 2. The monoisotopic (exact) mass is 387 g/mol. The van der Waals surface area contributed by atoms with Crippen LogP contribution in [0.4, 0.5) is 0 Å². The molecule has 138 valence electrons. The van der Waals surface area contributed by atoms with Crippen LogP contribution >= 0.6 is 11.6 Å². The molecule has 2 rings (SSSR count). The number of rotatable bonds is 7. The van der Waals surface area contributed by atoms with Gasteiger partial charge in [0.1, 0.15) is 0 Å². The van der Waals surface area contributed by atoms with Crippen LogP contribution in [0.15, 0.2) is 23.1 Å². The highest BCUT2D eigenvalue weighted by molar-refractivity contribution is 7.89. The molecule has 0 atom stereocenters. The number of hydrogen-bond acceptors (Lipinski definition) is 4. The van der Waals surface area contributed by atoms with Crippen molar-refractivity contribution in [2.24, 2.45) is 0 Å². The predicted octanol–water partition coefficient (Wildman–Crippen LogP) is 1.38. The minimum Gasteiger partial charge on any atom is -0.355 e. The summed E-state index contributed by atoms with van der Waals surface area (Å²) in [5.41, 5.74) is 0.0326. The zero-order valence-electron chi connectivity index (χ0n) is 14.0. The first-order valence-corrected chi connectivity index (χ1v) is 10.0. The molecular weight excluding hydrogens is 366 g/mol. The number of nitrogens with one attached hydrogen (secondary N) is 2. The van der Waals surface area contributed by atoms with Gasteiger partial charge < -0.3 is 10.6 Å². The van der Waals surface area contributed by atoms with Gasteiger partial charge in [0, 0.05) is 19.6 Å². The molecule has 0 saturated carbocycles. The van der Waals surface area contributed by atoms with Crippen molar-refractivity contribution >= 4 is 33.4 Å². The Bertz CT molecular complexity index is 746. The highest BCUT2D eigenvalue weighted by Crippen LogP contribution is 2.25. The van der Waals surface area contributed by atoms with Gasteiger partial charge >= 0.3 is 0 Å². The van der Waals surface area contributed by atoms with Gasteiger partial charge in [-0.15, -0.1) is 0 Å². The topological polar surface area (TPSA) is 95.6 Å². The molecule has 1 aliphatic heterocycles. The van der Waals surface area contributed by atoms with Gasteiger partial charge in [0.25, 0.3) is 5.91 Å². The zero-order chi connectivity index (χ0) is 18.4. The molecule has 0 spiro atoms. The van der Waals surface area contributed by atoms with E-state index in [1.807, 2.05) is 6.92 Å². The maximum absolute atomic E-state index is 12.6. The lowest BCUT2D eigenvalue weighted by atomic mass is 10.2. The molecule has 7 nitrogen and oxygen atoms in total. The van der Waals surface area contributed by atoms with E-state index < -0.39 is 15.9 Å². The molecule has 0 aromatic heterocycles. The highest BCUT2D eigenvalue weighted by atomic mass is 35.5. The zero-order valence-corrected chi connectivity index (χ0v) is 15.6. The van der Waals surface area contributed by atoms with Crippen molar-refractivity contribution in [2.75, 3.05) is 26.2 Å². The normalized spacial score (nSPS) is 15.1. The number of halogens is 1. The van der Waals surface area contributed by atoms with Gasteiger partial charge in [0.15, 0.2) is 0 Å². The number of carbonyl (C=O) groups is 2. The third kappa shape index (κ3) is 4.93. The van der Waals surface area contributed by atoms with E-state index >= 15 is 0 Å². The molecule has 1 aliphatic rings. The fourth-order valence-corrected chi connectivity index (χ4v) is 4.25. The largest absolute Gasteiger partial charge is 0.355 e. The summed E-state index contributed by atoms with van der Waals surface area (Å²) in [5, 5.41) is 5.22. The maximum atomic E-state index is 12.6. The first-order valence-electron chi connectivity index (χ1n) is 8.21. The minimum absolute atomic E-state index is 0.0272. The molecule has 0 unspecified atom stereocenters. The van der Waals surface area contributed by atoms with Gasteiger partial charge in [0.05, 0.1) is 22.0 Å². The third-order valence-corrected chi connectivity index (χ3v) is 6.09. The van der Waals surface area contributed by atoms with E-state index in [-0.39, 0.29) is 27.9 Å². The van der Waals surface area contributed by atoms with Crippen molar-refractivity contribution in [1.29, 1.82) is 0 Å². The minimum atomic E-state index is -3.64. The Labute approximate surface area is 152 Å². The average molecular weight is 388 g/mol. The molecule has 25 heavy (non-hydrogen) atoms. The average Bonchev–Trinajstić information content (AvgIpc) is 3.13. The standard InChI is InChI=1S/C16H22ClN3O4S/c1-2-7-18-15(21)11-19-16(22)13-10-12(5-6-14(13)17)25(23,24)20-8-3-4-9-20/h5-6,10H,2-4,7-9,11H2,1H3,(H,18,21)(H,19,22). The lowest BCUT2D eigenvalue weighted by Gasteiger charge is -2.16. The van der Waals surface area contributed by atoms with Crippen LogP contribution in [-0.2, 0) is 14.8 Å². The van der Waals surface area contributed by atoms with Gasteiger partial charge in [-0.25, -0.2) is 8.42 Å². The Hall–Kier alpha value is -1.64. The number of sulfonamides is 1. The van der Waals surface area contributed by atoms with E-state index in [0.717, 1.165) is 19.3 Å². The first-order chi connectivity index (χ1) is 11.9. The first kappa shape index (κ1) is 19.7. The summed E-state index contributed by atoms with van der Waals surface area (Å²) < 4.78 is 26.6. The molecule has 9 heteroatoms. The second-order valence-corrected chi connectivity index (χ2v) is 8.13. The molecule has 1 fully saturated rings. The Morgan fingerprint density at radius 2 is 1.88 bits per heavy atom. The lowest BCUT2D eigenvalue weighted by molar-refractivity contribution is -0.120. The van der Waals surface area contributed by atoms with Crippen LogP contribution in [0.1, 0.15) is 36.5 Å². The number of hydrogen-bond donors (Lipinski definition) is 2. The smallest absolute Gasteiger partial charge is 0.253 e. The lowest BCUT2D eigenvalue weighted by Crippen LogP contribution is -2.37. The number of nitrogens with zero attached hydrogens (tertiary/aromatic N) is 1. The molecule has 1 saturated heterocycles. The Morgan fingerprint density at radius 3 is 2.52 bits per heavy atom. The van der Waals surface area contributed by atoms with E-state index in [1.165, 1.54) is 22.5 Å². The van der Waals surface area contributed by atoms with Crippen LogP contribution in [0.25, 0.3) is 0 Å². The Balaban J connectivity index is 2.13. The molecule has 1 heterocycles. The van der Waals surface area contributed by atoms with Crippen LogP contribution in [-0.4, -0.2) is 50.7 Å². The summed E-state index contributed by atoms with van der Waals surface area (Å²) in [5.74, 6) is -0.901. The van der Waals surface area contributed by atoms with Crippen LogP contribution < -0.4 is 10.6 Å². The van der Waals surface area contributed by atoms with Gasteiger partial charge in [-0.05, 0) is 37.5 Å². The second kappa shape index (κ2) is 8.64. The number of benzene rings is 1. The van der Waals surface area contributed by atoms with E-state index in [4.69, 9.17) is 11.6 Å². The maximum Gasteiger partial charge on any atom is 0.253 e. The van der Waals surface area contributed by atoms with Gasteiger partial charge in [-0.2, -0.15) is 4.31 Å². The molecular formula is C16H22ClN3O4S. The second-order valence-electron chi connectivity index (χ2n) is 5.79. The van der Waals surface area contributed by atoms with Crippen molar-refractivity contribution in [1.82, 2.24) is 14.9 Å². The highest BCUT2D eigenvalue weighted by Gasteiger charge is 2.28. The Kier molecular flexibility index (Phi) is 6.80. The van der Waals surface area contributed by atoms with E-state index in [1.54, 1.807) is 0 Å². The van der Waals surface area contributed by atoms with Crippen molar-refractivity contribution < 1.29 is 18.0 Å². The molecule has 2 amide bonds. The van der Waals surface area contributed by atoms with E-state index in [0.29, 0.717) is 19.6 Å². The molecule has 1 aromatic rings. The summed E-state index contributed by atoms with van der Waals surface area (Å²) >= 11 is 6.03. The van der Waals surface area contributed by atoms with Crippen molar-refractivity contribution in [3.8, 4) is 0 Å². The van der Waals surface area contributed by atoms with Gasteiger partial charge in [-0.1, -0.05) is 18.5 Å².